The summed E-state index contributed by atoms with van der Waals surface area (Å²) >= 11 is 5.19. The molecule has 0 amide bonds. The van der Waals surface area contributed by atoms with Crippen molar-refractivity contribution in [1.29, 1.82) is 0 Å². The van der Waals surface area contributed by atoms with Crippen LogP contribution in [0.1, 0.15) is 20.1 Å². The second kappa shape index (κ2) is 5.54. The van der Waals surface area contributed by atoms with Crippen molar-refractivity contribution in [2.24, 2.45) is 0 Å². The SMILES string of the molecule is Cc1ccc(C(Br)c2ccc(OC(F)(F)F)cc2)s1. The normalized spacial score (nSPS) is 13.3. The van der Waals surface area contributed by atoms with Crippen LogP contribution in [0.4, 0.5) is 13.2 Å². The van der Waals surface area contributed by atoms with Gasteiger partial charge in [-0.05, 0) is 36.8 Å². The Morgan fingerprint density at radius 1 is 1.11 bits per heavy atom. The van der Waals surface area contributed by atoms with Crippen molar-refractivity contribution < 1.29 is 17.9 Å². The van der Waals surface area contributed by atoms with Gasteiger partial charge in [-0.1, -0.05) is 28.1 Å². The summed E-state index contributed by atoms with van der Waals surface area (Å²) in [7, 11) is 0. The Bertz CT molecular complexity index is 548. The summed E-state index contributed by atoms with van der Waals surface area (Å²) < 4.78 is 39.9. The first-order chi connectivity index (χ1) is 8.85. The lowest BCUT2D eigenvalue weighted by molar-refractivity contribution is -0.274. The van der Waals surface area contributed by atoms with Gasteiger partial charge in [0.2, 0.25) is 0 Å². The minimum absolute atomic E-state index is 0.0221. The molecule has 1 atom stereocenters. The van der Waals surface area contributed by atoms with Crippen LogP contribution in [0.15, 0.2) is 36.4 Å². The molecule has 19 heavy (non-hydrogen) atoms. The maximum Gasteiger partial charge on any atom is 0.573 e. The fourth-order valence-corrected chi connectivity index (χ4v) is 3.21. The van der Waals surface area contributed by atoms with E-state index in [1.807, 2.05) is 19.1 Å². The lowest BCUT2D eigenvalue weighted by atomic mass is 10.1. The topological polar surface area (TPSA) is 9.23 Å². The van der Waals surface area contributed by atoms with Crippen molar-refractivity contribution in [3.63, 3.8) is 0 Å². The monoisotopic (exact) mass is 350 g/mol. The first-order valence-electron chi connectivity index (χ1n) is 5.41. The zero-order chi connectivity index (χ0) is 14.0. The van der Waals surface area contributed by atoms with Crippen molar-refractivity contribution in [2.75, 3.05) is 0 Å². The Hall–Kier alpha value is -1.01. The quantitative estimate of drug-likeness (QED) is 0.669. The smallest absolute Gasteiger partial charge is 0.406 e. The fraction of sp³-hybridized carbons (Fsp3) is 0.231. The number of thiophene rings is 1. The fourth-order valence-electron chi connectivity index (χ4n) is 1.59. The molecule has 102 valence electrons. The minimum Gasteiger partial charge on any atom is -0.406 e. The molecule has 0 fully saturated rings. The van der Waals surface area contributed by atoms with Crippen LogP contribution in [-0.2, 0) is 0 Å². The average Bonchev–Trinajstić information content (AvgIpc) is 2.74. The van der Waals surface area contributed by atoms with E-state index in [9.17, 15) is 13.2 Å². The summed E-state index contributed by atoms with van der Waals surface area (Å²) in [5.41, 5.74) is 0.886. The second-order valence-electron chi connectivity index (χ2n) is 3.93. The number of hydrogen-bond donors (Lipinski definition) is 0. The van der Waals surface area contributed by atoms with Gasteiger partial charge < -0.3 is 4.74 Å². The largest absolute Gasteiger partial charge is 0.573 e. The molecule has 0 bridgehead atoms. The number of benzene rings is 1. The molecule has 0 saturated heterocycles. The Morgan fingerprint density at radius 3 is 2.21 bits per heavy atom. The first kappa shape index (κ1) is 14.4. The zero-order valence-corrected chi connectivity index (χ0v) is 12.3. The van der Waals surface area contributed by atoms with E-state index in [2.05, 4.69) is 20.7 Å². The highest BCUT2D eigenvalue weighted by Gasteiger charge is 2.31. The van der Waals surface area contributed by atoms with Crippen LogP contribution in [0.5, 0.6) is 5.75 Å². The van der Waals surface area contributed by atoms with E-state index < -0.39 is 6.36 Å². The van der Waals surface area contributed by atoms with Gasteiger partial charge in [0, 0.05) is 9.75 Å². The number of hydrogen-bond acceptors (Lipinski definition) is 2. The summed E-state index contributed by atoms with van der Waals surface area (Å²) in [5.74, 6) is -0.210. The Balaban J connectivity index is 2.14. The molecule has 1 heterocycles. The van der Waals surface area contributed by atoms with Crippen LogP contribution in [0.25, 0.3) is 0 Å². The molecule has 0 aliphatic heterocycles. The van der Waals surface area contributed by atoms with Gasteiger partial charge >= 0.3 is 6.36 Å². The van der Waals surface area contributed by atoms with E-state index in [1.54, 1.807) is 23.5 Å². The summed E-state index contributed by atoms with van der Waals surface area (Å²) in [6.07, 6.45) is -4.65. The lowest BCUT2D eigenvalue weighted by Crippen LogP contribution is -2.17. The van der Waals surface area contributed by atoms with Crippen LogP contribution in [0.3, 0.4) is 0 Å². The van der Waals surface area contributed by atoms with Crippen molar-refractivity contribution >= 4 is 27.3 Å². The summed E-state index contributed by atoms with van der Waals surface area (Å²) in [6, 6.07) is 9.88. The second-order valence-corrected chi connectivity index (χ2v) is 6.16. The lowest BCUT2D eigenvalue weighted by Gasteiger charge is -2.11. The molecule has 2 rings (SSSR count). The van der Waals surface area contributed by atoms with Crippen molar-refractivity contribution in [3.8, 4) is 5.75 Å². The molecular formula is C13H10BrF3OS. The van der Waals surface area contributed by atoms with Crippen LogP contribution < -0.4 is 4.74 Å². The third kappa shape index (κ3) is 3.98. The predicted octanol–water partition coefficient (Wildman–Crippen LogP) is 5.44. The highest BCUT2D eigenvalue weighted by molar-refractivity contribution is 9.09. The number of alkyl halides is 4. The van der Waals surface area contributed by atoms with E-state index in [4.69, 9.17) is 0 Å². The average molecular weight is 351 g/mol. The van der Waals surface area contributed by atoms with Gasteiger partial charge in [-0.2, -0.15) is 0 Å². The van der Waals surface area contributed by atoms with Gasteiger partial charge in [0.25, 0.3) is 0 Å². The maximum absolute atomic E-state index is 12.0. The molecule has 0 radical (unpaired) electrons. The molecule has 1 aromatic carbocycles. The van der Waals surface area contributed by atoms with Crippen molar-refractivity contribution in [2.45, 2.75) is 18.1 Å². The molecule has 2 aromatic rings. The number of rotatable bonds is 3. The van der Waals surface area contributed by atoms with Gasteiger partial charge in [0.05, 0.1) is 4.83 Å². The van der Waals surface area contributed by atoms with Crippen LogP contribution >= 0.6 is 27.3 Å². The van der Waals surface area contributed by atoms with Crippen LogP contribution in [-0.4, -0.2) is 6.36 Å². The molecular weight excluding hydrogens is 341 g/mol. The zero-order valence-electron chi connectivity index (χ0n) is 9.87. The van der Waals surface area contributed by atoms with Gasteiger partial charge in [-0.25, -0.2) is 0 Å². The predicted molar refractivity (Wildman–Crippen MR) is 73.0 cm³/mol. The van der Waals surface area contributed by atoms with Crippen LogP contribution in [0.2, 0.25) is 0 Å². The van der Waals surface area contributed by atoms with E-state index in [-0.39, 0.29) is 10.6 Å². The molecule has 0 aliphatic rings. The standard InChI is InChI=1S/C13H10BrF3OS/c1-8-2-7-11(19-8)12(14)9-3-5-10(6-4-9)18-13(15,16)17/h2-7,12H,1H3. The summed E-state index contributed by atoms with van der Waals surface area (Å²) in [6.45, 7) is 2.01. The van der Waals surface area contributed by atoms with Gasteiger partial charge in [-0.3, -0.25) is 0 Å². The molecule has 0 aliphatic carbocycles. The Labute approximate surface area is 121 Å². The summed E-state index contributed by atoms with van der Waals surface area (Å²) in [5, 5.41) is 0. The molecule has 1 unspecified atom stereocenters. The number of aryl methyl sites for hydroxylation is 1. The Kier molecular flexibility index (Phi) is 4.20. The highest BCUT2D eigenvalue weighted by atomic mass is 79.9. The van der Waals surface area contributed by atoms with E-state index >= 15 is 0 Å². The van der Waals surface area contributed by atoms with Gasteiger partial charge in [-0.15, -0.1) is 24.5 Å². The third-order valence-electron chi connectivity index (χ3n) is 2.42. The number of ether oxygens (including phenoxy) is 1. The van der Waals surface area contributed by atoms with Crippen LogP contribution in [0, 0.1) is 6.92 Å². The van der Waals surface area contributed by atoms with E-state index in [0.29, 0.717) is 0 Å². The van der Waals surface area contributed by atoms with Crippen molar-refractivity contribution in [3.05, 3.63) is 51.7 Å². The van der Waals surface area contributed by atoms with E-state index in [0.717, 1.165) is 10.4 Å². The molecule has 0 spiro atoms. The van der Waals surface area contributed by atoms with E-state index in [1.165, 1.54) is 17.0 Å². The summed E-state index contributed by atoms with van der Waals surface area (Å²) in [4.78, 5) is 2.28. The maximum atomic E-state index is 12.0. The molecule has 0 saturated carbocycles. The number of halogens is 4. The van der Waals surface area contributed by atoms with Gasteiger partial charge in [0.1, 0.15) is 5.75 Å². The highest BCUT2D eigenvalue weighted by Crippen LogP contribution is 2.36. The third-order valence-corrected chi connectivity index (χ3v) is 4.81. The molecule has 1 nitrogen and oxygen atoms in total. The van der Waals surface area contributed by atoms with Gasteiger partial charge in [0.15, 0.2) is 0 Å². The molecule has 6 heteroatoms. The molecule has 0 N–H and O–H groups in total. The molecule has 1 aromatic heterocycles. The Morgan fingerprint density at radius 2 is 1.74 bits per heavy atom. The minimum atomic E-state index is -4.65. The van der Waals surface area contributed by atoms with Crippen molar-refractivity contribution in [1.82, 2.24) is 0 Å². The first-order valence-corrected chi connectivity index (χ1v) is 7.14.